The lowest BCUT2D eigenvalue weighted by atomic mass is 9.96. The molecule has 0 unspecified atom stereocenters. The molecule has 0 amide bonds. The van der Waals surface area contributed by atoms with E-state index in [0.717, 1.165) is 17.4 Å². The van der Waals surface area contributed by atoms with Gasteiger partial charge in [-0.15, -0.1) is 0 Å². The maximum Gasteiger partial charge on any atom is 0.0255 e. The number of hydrogen-bond acceptors (Lipinski definition) is 1. The zero-order chi connectivity index (χ0) is 12.0. The first-order chi connectivity index (χ1) is 7.61. The van der Waals surface area contributed by atoms with Gasteiger partial charge in [-0.05, 0) is 36.2 Å². The first-order valence-corrected chi connectivity index (χ1v) is 8.36. The highest BCUT2D eigenvalue weighted by atomic mass is 31.1. The molecule has 2 heteroatoms. The number of nitrogens with one attached hydrogen (secondary N) is 1. The molecule has 1 nitrogen and oxygen atoms in total. The van der Waals surface area contributed by atoms with Crippen molar-refractivity contribution in [2.45, 2.75) is 77.2 Å². The standard InChI is InChI=1S/C14H28NP/c1-12(2)16(13(3)4)11-10-15-14-8-6-5-7-9-14/h10-15H,5-9H2,1-4H3/b11-10+. The summed E-state index contributed by atoms with van der Waals surface area (Å²) in [7, 11) is 0.0514. The molecule has 1 fully saturated rings. The molecule has 16 heavy (non-hydrogen) atoms. The summed E-state index contributed by atoms with van der Waals surface area (Å²) in [5.74, 6) is 2.44. The van der Waals surface area contributed by atoms with Crippen LogP contribution < -0.4 is 5.32 Å². The molecular formula is C14H28NP. The summed E-state index contributed by atoms with van der Waals surface area (Å²) in [6.45, 7) is 9.38. The SMILES string of the molecule is CC(C)P(/C=C/NC1CCCCC1)C(C)C. The highest BCUT2D eigenvalue weighted by Crippen LogP contribution is 2.47. The molecular weight excluding hydrogens is 213 g/mol. The van der Waals surface area contributed by atoms with Gasteiger partial charge in [0.25, 0.3) is 0 Å². The fraction of sp³-hybridized carbons (Fsp3) is 0.857. The summed E-state index contributed by atoms with van der Waals surface area (Å²) in [6, 6.07) is 0.751. The largest absolute Gasteiger partial charge is 0.388 e. The van der Waals surface area contributed by atoms with Crippen molar-refractivity contribution in [1.82, 2.24) is 5.32 Å². The molecule has 0 aromatic carbocycles. The molecule has 1 aliphatic rings. The van der Waals surface area contributed by atoms with Crippen LogP contribution in [0.25, 0.3) is 0 Å². The molecule has 1 aliphatic carbocycles. The molecule has 0 bridgehead atoms. The first kappa shape index (κ1) is 14.0. The summed E-state index contributed by atoms with van der Waals surface area (Å²) in [4.78, 5) is 0. The Morgan fingerprint density at radius 3 is 2.06 bits per heavy atom. The van der Waals surface area contributed by atoms with Crippen molar-refractivity contribution in [2.75, 3.05) is 0 Å². The zero-order valence-electron chi connectivity index (χ0n) is 11.4. The highest BCUT2D eigenvalue weighted by molar-refractivity contribution is 7.62. The maximum atomic E-state index is 3.60. The van der Waals surface area contributed by atoms with Gasteiger partial charge in [-0.3, -0.25) is 0 Å². The normalized spacial score (nSPS) is 19.2. The van der Waals surface area contributed by atoms with Crippen molar-refractivity contribution in [3.05, 3.63) is 12.0 Å². The van der Waals surface area contributed by atoms with Gasteiger partial charge in [-0.25, -0.2) is 0 Å². The molecule has 1 N–H and O–H groups in total. The minimum atomic E-state index is 0.0514. The van der Waals surface area contributed by atoms with Gasteiger partial charge in [0.05, 0.1) is 0 Å². The Bertz CT molecular complexity index is 197. The fourth-order valence-electron chi connectivity index (χ4n) is 2.47. The predicted octanol–water partition coefficient (Wildman–Crippen LogP) is 4.68. The van der Waals surface area contributed by atoms with Crippen LogP contribution in [0.5, 0.6) is 0 Å². The van der Waals surface area contributed by atoms with Gasteiger partial charge in [-0.2, -0.15) is 0 Å². The molecule has 0 aromatic rings. The summed E-state index contributed by atoms with van der Waals surface area (Å²) in [6.07, 6.45) is 9.24. The van der Waals surface area contributed by atoms with Crippen LogP contribution in [0.2, 0.25) is 0 Å². The van der Waals surface area contributed by atoms with E-state index < -0.39 is 0 Å². The third-order valence-electron chi connectivity index (χ3n) is 3.38. The van der Waals surface area contributed by atoms with Crippen molar-refractivity contribution >= 4 is 7.92 Å². The van der Waals surface area contributed by atoms with Crippen molar-refractivity contribution in [1.29, 1.82) is 0 Å². The summed E-state index contributed by atoms with van der Waals surface area (Å²) >= 11 is 0. The van der Waals surface area contributed by atoms with Crippen molar-refractivity contribution in [3.8, 4) is 0 Å². The topological polar surface area (TPSA) is 12.0 Å². The number of hydrogen-bond donors (Lipinski definition) is 1. The summed E-state index contributed by atoms with van der Waals surface area (Å²) in [5, 5.41) is 3.60. The van der Waals surface area contributed by atoms with Gasteiger partial charge in [0.2, 0.25) is 0 Å². The van der Waals surface area contributed by atoms with Crippen LogP contribution in [-0.4, -0.2) is 17.4 Å². The van der Waals surface area contributed by atoms with Gasteiger partial charge in [0, 0.05) is 6.04 Å². The Balaban J connectivity index is 2.33. The highest BCUT2D eigenvalue weighted by Gasteiger charge is 2.14. The van der Waals surface area contributed by atoms with E-state index in [1.165, 1.54) is 32.1 Å². The Kier molecular flexibility index (Phi) is 6.43. The molecule has 0 spiro atoms. The molecule has 0 heterocycles. The van der Waals surface area contributed by atoms with Gasteiger partial charge in [0.1, 0.15) is 0 Å². The van der Waals surface area contributed by atoms with Crippen LogP contribution in [-0.2, 0) is 0 Å². The van der Waals surface area contributed by atoms with E-state index in [2.05, 4.69) is 45.0 Å². The Labute approximate surface area is 103 Å². The van der Waals surface area contributed by atoms with E-state index in [0.29, 0.717) is 0 Å². The second kappa shape index (κ2) is 7.33. The van der Waals surface area contributed by atoms with Crippen LogP contribution in [0.1, 0.15) is 59.8 Å². The molecule has 94 valence electrons. The number of rotatable bonds is 5. The lowest BCUT2D eigenvalue weighted by Crippen LogP contribution is -2.26. The van der Waals surface area contributed by atoms with Crippen molar-refractivity contribution in [3.63, 3.8) is 0 Å². The monoisotopic (exact) mass is 241 g/mol. The molecule has 0 aliphatic heterocycles. The lowest BCUT2D eigenvalue weighted by Gasteiger charge is -2.24. The molecule has 1 saturated carbocycles. The van der Waals surface area contributed by atoms with E-state index in [1.54, 1.807) is 0 Å². The molecule has 0 saturated heterocycles. The molecule has 0 aromatic heterocycles. The van der Waals surface area contributed by atoms with E-state index in [1.807, 2.05) is 0 Å². The minimum Gasteiger partial charge on any atom is -0.388 e. The Morgan fingerprint density at radius 1 is 1.00 bits per heavy atom. The smallest absolute Gasteiger partial charge is 0.0255 e. The maximum absolute atomic E-state index is 3.60. The molecule has 1 rings (SSSR count). The third kappa shape index (κ3) is 4.87. The Hall–Kier alpha value is -0.0300. The molecule has 0 atom stereocenters. The van der Waals surface area contributed by atoms with Gasteiger partial charge < -0.3 is 5.32 Å². The van der Waals surface area contributed by atoms with Crippen LogP contribution in [0, 0.1) is 0 Å². The van der Waals surface area contributed by atoms with Crippen LogP contribution in [0.15, 0.2) is 12.0 Å². The average molecular weight is 241 g/mol. The minimum absolute atomic E-state index is 0.0514. The van der Waals surface area contributed by atoms with Crippen LogP contribution >= 0.6 is 7.92 Å². The quantitative estimate of drug-likeness (QED) is 0.689. The van der Waals surface area contributed by atoms with E-state index in [-0.39, 0.29) is 7.92 Å². The van der Waals surface area contributed by atoms with E-state index in [4.69, 9.17) is 0 Å². The van der Waals surface area contributed by atoms with Crippen molar-refractivity contribution in [2.24, 2.45) is 0 Å². The van der Waals surface area contributed by atoms with Crippen LogP contribution in [0.3, 0.4) is 0 Å². The van der Waals surface area contributed by atoms with Gasteiger partial charge >= 0.3 is 0 Å². The summed E-state index contributed by atoms with van der Waals surface area (Å²) in [5.41, 5.74) is 1.61. The van der Waals surface area contributed by atoms with Gasteiger partial charge in [-0.1, -0.05) is 54.9 Å². The van der Waals surface area contributed by atoms with Crippen molar-refractivity contribution < 1.29 is 0 Å². The van der Waals surface area contributed by atoms with E-state index in [9.17, 15) is 0 Å². The fourth-order valence-corrected chi connectivity index (χ4v) is 4.61. The molecule has 0 radical (unpaired) electrons. The van der Waals surface area contributed by atoms with Crippen LogP contribution in [0.4, 0.5) is 0 Å². The third-order valence-corrected chi connectivity index (χ3v) is 6.25. The lowest BCUT2D eigenvalue weighted by molar-refractivity contribution is 0.404. The summed E-state index contributed by atoms with van der Waals surface area (Å²) < 4.78 is 0. The zero-order valence-corrected chi connectivity index (χ0v) is 12.3. The van der Waals surface area contributed by atoms with Gasteiger partial charge in [0.15, 0.2) is 0 Å². The average Bonchev–Trinajstić information content (AvgIpc) is 2.24. The first-order valence-electron chi connectivity index (χ1n) is 6.81. The second-order valence-electron chi connectivity index (χ2n) is 5.45. The Morgan fingerprint density at radius 2 is 1.56 bits per heavy atom. The van der Waals surface area contributed by atoms with E-state index >= 15 is 0 Å². The predicted molar refractivity (Wildman–Crippen MR) is 76.3 cm³/mol. The second-order valence-corrected chi connectivity index (χ2v) is 8.71.